The number of hydrogen-bond donors (Lipinski definition) is 2. The minimum atomic E-state index is -0.755. The van der Waals surface area contributed by atoms with Crippen LogP contribution in [0.5, 0.6) is 0 Å². The zero-order chi connectivity index (χ0) is 18.6. The van der Waals surface area contributed by atoms with E-state index in [4.69, 9.17) is 11.6 Å². The maximum Gasteiger partial charge on any atom is 0.223 e. The highest BCUT2D eigenvalue weighted by Gasteiger charge is 2.63. The number of halogens is 1. The molecule has 0 aliphatic heterocycles. The van der Waals surface area contributed by atoms with Crippen molar-refractivity contribution in [2.24, 2.45) is 23.7 Å². The van der Waals surface area contributed by atoms with Gasteiger partial charge in [0.25, 0.3) is 0 Å². The van der Waals surface area contributed by atoms with E-state index in [1.54, 1.807) is 0 Å². The fourth-order valence-corrected chi connectivity index (χ4v) is 7.78. The van der Waals surface area contributed by atoms with E-state index in [0.29, 0.717) is 18.3 Å². The van der Waals surface area contributed by atoms with Gasteiger partial charge in [0.1, 0.15) is 0 Å². The number of rotatable bonds is 4. The second-order valence-corrected chi connectivity index (χ2v) is 10.6. The third-order valence-electron chi connectivity index (χ3n) is 7.85. The van der Waals surface area contributed by atoms with E-state index in [2.05, 4.69) is 17.4 Å². The Morgan fingerprint density at radius 3 is 2.56 bits per heavy atom. The van der Waals surface area contributed by atoms with E-state index in [-0.39, 0.29) is 28.7 Å². The molecular weight excluding hydrogens is 358 g/mol. The lowest BCUT2D eigenvalue weighted by molar-refractivity contribution is -0.175. The Kier molecular flexibility index (Phi) is 4.32. The van der Waals surface area contributed by atoms with Gasteiger partial charge in [0.2, 0.25) is 5.91 Å². The number of benzene rings is 1. The van der Waals surface area contributed by atoms with Crippen LogP contribution in [0.3, 0.4) is 0 Å². The summed E-state index contributed by atoms with van der Waals surface area (Å²) in [4.78, 5) is 12.8. The Hall–Kier alpha value is -1.06. The number of nitrogens with one attached hydrogen (secondary N) is 1. The van der Waals surface area contributed by atoms with E-state index in [0.717, 1.165) is 56.9 Å². The third kappa shape index (κ3) is 3.11. The summed E-state index contributed by atoms with van der Waals surface area (Å²) in [5.74, 6) is 1.32. The zero-order valence-electron chi connectivity index (χ0n) is 15.9. The second-order valence-electron chi connectivity index (χ2n) is 9.81. The first-order valence-corrected chi connectivity index (χ1v) is 11.1. The van der Waals surface area contributed by atoms with Gasteiger partial charge in [-0.25, -0.2) is 0 Å². The van der Waals surface area contributed by atoms with Gasteiger partial charge in [-0.15, -0.1) is 11.6 Å². The van der Waals surface area contributed by atoms with Gasteiger partial charge in [0.05, 0.1) is 11.6 Å². The van der Waals surface area contributed by atoms with Crippen molar-refractivity contribution in [3.63, 3.8) is 0 Å². The van der Waals surface area contributed by atoms with Crippen molar-refractivity contribution in [1.29, 1.82) is 0 Å². The summed E-state index contributed by atoms with van der Waals surface area (Å²) in [5.41, 5.74) is 0.369. The van der Waals surface area contributed by atoms with Crippen molar-refractivity contribution in [3.05, 3.63) is 35.9 Å². The predicted molar refractivity (Wildman–Crippen MR) is 106 cm³/mol. The summed E-state index contributed by atoms with van der Waals surface area (Å²) in [6.07, 6.45) is 8.97. The zero-order valence-corrected chi connectivity index (χ0v) is 16.6. The lowest BCUT2D eigenvalue weighted by Gasteiger charge is -2.63. The molecule has 0 aromatic heterocycles. The highest BCUT2D eigenvalue weighted by molar-refractivity contribution is 6.24. The van der Waals surface area contributed by atoms with Gasteiger partial charge < -0.3 is 10.4 Å². The van der Waals surface area contributed by atoms with E-state index in [1.165, 1.54) is 0 Å². The first-order chi connectivity index (χ1) is 13.0. The normalized spacial score (nSPS) is 41.6. The van der Waals surface area contributed by atoms with Gasteiger partial charge in [0.15, 0.2) is 0 Å². The SMILES string of the molecule is O=C(N[C@@H](c1ccccc1)[C@H]1C2C[C@H]3C[C@](Cl)(C2)C[C@@]1(O)C3)C1CCCC1. The fraction of sp³-hybridized carbons (Fsp3) is 0.696. The number of carbonyl (C=O) groups is 1. The van der Waals surface area contributed by atoms with E-state index < -0.39 is 5.60 Å². The standard InChI is InChI=1S/C23H30ClNO2/c24-22-11-15-10-18(13-22)19(23(27,12-15)14-22)20(16-6-2-1-3-7-16)25-21(26)17-8-4-5-9-17/h1-3,6-7,15,17-20,27H,4-5,8-14H2,(H,25,26)/t15-,18?,19+,20-,22-,23-/m0/s1. The monoisotopic (exact) mass is 387 g/mol. The van der Waals surface area contributed by atoms with Crippen LogP contribution in [0.4, 0.5) is 0 Å². The van der Waals surface area contributed by atoms with Gasteiger partial charge >= 0.3 is 0 Å². The summed E-state index contributed by atoms with van der Waals surface area (Å²) < 4.78 is 0. The molecule has 27 heavy (non-hydrogen) atoms. The minimum absolute atomic E-state index is 0.0636. The van der Waals surface area contributed by atoms with Crippen LogP contribution in [0.15, 0.2) is 30.3 Å². The Balaban J connectivity index is 1.48. The summed E-state index contributed by atoms with van der Waals surface area (Å²) >= 11 is 6.90. The Labute approximate surface area is 166 Å². The molecule has 5 aliphatic rings. The number of carbonyl (C=O) groups excluding carboxylic acids is 1. The third-order valence-corrected chi connectivity index (χ3v) is 8.30. The number of amides is 1. The van der Waals surface area contributed by atoms with Crippen LogP contribution in [0, 0.1) is 23.7 Å². The molecular formula is C23H30ClNO2. The van der Waals surface area contributed by atoms with Crippen LogP contribution >= 0.6 is 11.6 Å². The molecule has 4 heteroatoms. The van der Waals surface area contributed by atoms with Crippen LogP contribution in [0.2, 0.25) is 0 Å². The lowest BCUT2D eigenvalue weighted by atomic mass is 9.47. The molecule has 6 rings (SSSR count). The lowest BCUT2D eigenvalue weighted by Crippen LogP contribution is -2.64. The first-order valence-electron chi connectivity index (χ1n) is 10.7. The molecule has 5 saturated carbocycles. The Morgan fingerprint density at radius 1 is 1.15 bits per heavy atom. The van der Waals surface area contributed by atoms with Crippen LogP contribution in [-0.4, -0.2) is 21.5 Å². The molecule has 1 aromatic carbocycles. The average molecular weight is 388 g/mol. The van der Waals surface area contributed by atoms with Crippen molar-refractivity contribution >= 4 is 17.5 Å². The molecule has 6 atom stereocenters. The molecule has 0 heterocycles. The van der Waals surface area contributed by atoms with Crippen LogP contribution < -0.4 is 5.32 Å². The molecule has 0 spiro atoms. The van der Waals surface area contributed by atoms with Crippen molar-refractivity contribution in [2.75, 3.05) is 0 Å². The second kappa shape index (κ2) is 6.49. The topological polar surface area (TPSA) is 49.3 Å². The Bertz CT molecular complexity index is 718. The van der Waals surface area contributed by atoms with Crippen molar-refractivity contribution in [1.82, 2.24) is 5.32 Å². The molecule has 1 amide bonds. The van der Waals surface area contributed by atoms with Gasteiger partial charge in [-0.3, -0.25) is 4.79 Å². The molecule has 1 unspecified atom stereocenters. The molecule has 146 valence electrons. The maximum absolute atomic E-state index is 13.0. The Morgan fingerprint density at radius 2 is 1.89 bits per heavy atom. The van der Waals surface area contributed by atoms with Gasteiger partial charge in [-0.05, 0) is 62.3 Å². The molecule has 0 radical (unpaired) electrons. The number of alkyl halides is 1. The largest absolute Gasteiger partial charge is 0.389 e. The first kappa shape index (κ1) is 18.0. The molecule has 3 nitrogen and oxygen atoms in total. The predicted octanol–water partition coefficient (Wildman–Crippen LogP) is 4.58. The van der Waals surface area contributed by atoms with E-state index >= 15 is 0 Å². The van der Waals surface area contributed by atoms with Crippen LogP contribution in [0.25, 0.3) is 0 Å². The summed E-state index contributed by atoms with van der Waals surface area (Å²) in [5, 5.41) is 15.1. The molecule has 0 saturated heterocycles. The smallest absolute Gasteiger partial charge is 0.223 e. The quantitative estimate of drug-likeness (QED) is 0.742. The number of hydrogen-bond acceptors (Lipinski definition) is 2. The molecule has 5 fully saturated rings. The molecule has 5 aliphatic carbocycles. The highest BCUT2D eigenvalue weighted by Crippen LogP contribution is 2.64. The van der Waals surface area contributed by atoms with Crippen molar-refractivity contribution in [3.8, 4) is 0 Å². The number of aliphatic hydroxyl groups is 1. The highest BCUT2D eigenvalue weighted by atomic mass is 35.5. The van der Waals surface area contributed by atoms with Crippen LogP contribution in [-0.2, 0) is 4.79 Å². The van der Waals surface area contributed by atoms with Crippen molar-refractivity contribution < 1.29 is 9.90 Å². The summed E-state index contributed by atoms with van der Waals surface area (Å²) in [6.45, 7) is 0. The minimum Gasteiger partial charge on any atom is -0.389 e. The van der Waals surface area contributed by atoms with Crippen LogP contribution in [0.1, 0.15) is 69.4 Å². The fourth-order valence-electron chi connectivity index (χ4n) is 7.13. The maximum atomic E-state index is 13.0. The average Bonchev–Trinajstić information content (AvgIpc) is 3.13. The summed E-state index contributed by atoms with van der Waals surface area (Å²) in [6, 6.07) is 10.2. The molecule has 2 N–H and O–H groups in total. The van der Waals surface area contributed by atoms with Gasteiger partial charge in [-0.1, -0.05) is 43.2 Å². The van der Waals surface area contributed by atoms with Gasteiger partial charge in [-0.2, -0.15) is 0 Å². The summed E-state index contributed by atoms with van der Waals surface area (Å²) in [7, 11) is 0. The van der Waals surface area contributed by atoms with Gasteiger partial charge in [0, 0.05) is 16.7 Å². The molecule has 1 aromatic rings. The van der Waals surface area contributed by atoms with E-state index in [1.807, 2.05) is 18.2 Å². The van der Waals surface area contributed by atoms with E-state index in [9.17, 15) is 9.90 Å². The van der Waals surface area contributed by atoms with Crippen molar-refractivity contribution in [2.45, 2.75) is 74.3 Å². The molecule has 4 bridgehead atoms.